The lowest BCUT2D eigenvalue weighted by molar-refractivity contribution is -0.388. The van der Waals surface area contributed by atoms with Crippen LogP contribution in [0.1, 0.15) is 5.56 Å². The van der Waals surface area contributed by atoms with Crippen molar-refractivity contribution in [2.75, 3.05) is 0 Å². The van der Waals surface area contributed by atoms with Crippen LogP contribution in [0.5, 0.6) is 11.5 Å². The lowest BCUT2D eigenvalue weighted by Crippen LogP contribution is -1.96. The van der Waals surface area contributed by atoms with Gasteiger partial charge in [0.15, 0.2) is 0 Å². The summed E-state index contributed by atoms with van der Waals surface area (Å²) in [7, 11) is 0. The lowest BCUT2D eigenvalue weighted by atomic mass is 10.2. The van der Waals surface area contributed by atoms with Crippen LogP contribution in [0.3, 0.4) is 0 Å². The van der Waals surface area contributed by atoms with E-state index in [1.807, 2.05) is 6.92 Å². The van der Waals surface area contributed by atoms with Crippen LogP contribution in [0.2, 0.25) is 0 Å². The molecule has 5 heteroatoms. The molecule has 2 aromatic carbocycles. The van der Waals surface area contributed by atoms with Gasteiger partial charge in [0.2, 0.25) is 11.6 Å². The topological polar surface area (TPSA) is 52.4 Å². The zero-order valence-corrected chi connectivity index (χ0v) is 9.59. The summed E-state index contributed by atoms with van der Waals surface area (Å²) in [5, 5.41) is 10.8. The minimum atomic E-state index is -0.912. The van der Waals surface area contributed by atoms with Crippen molar-refractivity contribution in [1.29, 1.82) is 0 Å². The van der Waals surface area contributed by atoms with E-state index in [1.54, 1.807) is 24.3 Å². The number of hydrogen-bond donors (Lipinski definition) is 0. The summed E-state index contributed by atoms with van der Waals surface area (Å²) in [6, 6.07) is 10.7. The van der Waals surface area contributed by atoms with Crippen LogP contribution in [-0.4, -0.2) is 4.92 Å². The molecule has 0 atom stereocenters. The highest BCUT2D eigenvalue weighted by molar-refractivity contribution is 5.49. The third-order valence-electron chi connectivity index (χ3n) is 2.38. The monoisotopic (exact) mass is 247 g/mol. The number of benzene rings is 2. The minimum Gasteiger partial charge on any atom is -0.450 e. The predicted molar refractivity (Wildman–Crippen MR) is 64.3 cm³/mol. The first-order valence-corrected chi connectivity index (χ1v) is 5.25. The molecule has 0 amide bonds. The van der Waals surface area contributed by atoms with Crippen molar-refractivity contribution in [2.24, 2.45) is 0 Å². The van der Waals surface area contributed by atoms with E-state index in [0.29, 0.717) is 5.75 Å². The number of nitro groups is 1. The molecule has 0 bridgehead atoms. The smallest absolute Gasteiger partial charge is 0.346 e. The summed E-state index contributed by atoms with van der Waals surface area (Å²) >= 11 is 0. The minimum absolute atomic E-state index is 0.108. The van der Waals surface area contributed by atoms with E-state index in [-0.39, 0.29) is 5.75 Å². The van der Waals surface area contributed by atoms with Crippen molar-refractivity contribution in [2.45, 2.75) is 6.92 Å². The maximum Gasteiger partial charge on any atom is 0.346 e. The molecular formula is C13H10FNO3. The van der Waals surface area contributed by atoms with Crippen LogP contribution < -0.4 is 4.74 Å². The molecule has 0 heterocycles. The number of halogens is 1. The van der Waals surface area contributed by atoms with Gasteiger partial charge in [-0.25, -0.2) is 0 Å². The molecule has 0 saturated heterocycles. The second-order valence-electron chi connectivity index (χ2n) is 3.76. The molecule has 0 aliphatic rings. The summed E-state index contributed by atoms with van der Waals surface area (Å²) in [5.41, 5.74) is 0.383. The Bertz CT molecular complexity index is 581. The zero-order valence-electron chi connectivity index (χ0n) is 9.59. The fourth-order valence-electron chi connectivity index (χ4n) is 1.49. The first-order valence-electron chi connectivity index (χ1n) is 5.25. The quantitative estimate of drug-likeness (QED) is 0.611. The highest BCUT2D eigenvalue weighted by Crippen LogP contribution is 2.33. The molecule has 0 aromatic heterocycles. The predicted octanol–water partition coefficient (Wildman–Crippen LogP) is 3.83. The Morgan fingerprint density at radius 1 is 1.17 bits per heavy atom. The molecule has 0 aliphatic heterocycles. The van der Waals surface area contributed by atoms with Gasteiger partial charge < -0.3 is 4.74 Å². The molecule has 2 rings (SSSR count). The average Bonchev–Trinajstić information content (AvgIpc) is 2.32. The molecule has 0 saturated carbocycles. The van der Waals surface area contributed by atoms with Gasteiger partial charge >= 0.3 is 5.69 Å². The second kappa shape index (κ2) is 4.83. The Kier molecular flexibility index (Phi) is 3.23. The van der Waals surface area contributed by atoms with E-state index in [0.717, 1.165) is 11.6 Å². The van der Waals surface area contributed by atoms with E-state index >= 15 is 0 Å². The fourth-order valence-corrected chi connectivity index (χ4v) is 1.49. The maximum absolute atomic E-state index is 13.3. The van der Waals surface area contributed by atoms with Crippen molar-refractivity contribution >= 4 is 5.69 Å². The summed E-state index contributed by atoms with van der Waals surface area (Å²) < 4.78 is 18.7. The van der Waals surface area contributed by atoms with Gasteiger partial charge in [0.1, 0.15) is 5.75 Å². The van der Waals surface area contributed by atoms with Crippen LogP contribution in [-0.2, 0) is 0 Å². The van der Waals surface area contributed by atoms with Crippen molar-refractivity contribution in [3.63, 3.8) is 0 Å². The number of para-hydroxylation sites is 1. The molecule has 0 spiro atoms. The molecular weight excluding hydrogens is 237 g/mol. The van der Waals surface area contributed by atoms with E-state index in [2.05, 4.69) is 0 Å². The average molecular weight is 247 g/mol. The van der Waals surface area contributed by atoms with E-state index in [4.69, 9.17) is 4.74 Å². The fraction of sp³-hybridized carbons (Fsp3) is 0.0769. The number of rotatable bonds is 3. The van der Waals surface area contributed by atoms with Gasteiger partial charge in [0.05, 0.1) is 4.92 Å². The van der Waals surface area contributed by atoms with Gasteiger partial charge in [0, 0.05) is 0 Å². The van der Waals surface area contributed by atoms with Crippen LogP contribution in [0.4, 0.5) is 10.1 Å². The zero-order chi connectivity index (χ0) is 13.1. The van der Waals surface area contributed by atoms with Gasteiger partial charge in [-0.15, -0.1) is 0 Å². The molecule has 2 aromatic rings. The van der Waals surface area contributed by atoms with Crippen LogP contribution >= 0.6 is 0 Å². The third-order valence-corrected chi connectivity index (χ3v) is 2.38. The molecule has 18 heavy (non-hydrogen) atoms. The normalized spacial score (nSPS) is 10.1. The van der Waals surface area contributed by atoms with Gasteiger partial charge in [-0.1, -0.05) is 23.8 Å². The van der Waals surface area contributed by atoms with Crippen molar-refractivity contribution in [3.8, 4) is 11.5 Å². The first-order chi connectivity index (χ1) is 8.58. The SMILES string of the molecule is Cc1ccc(Oc2cccc(F)c2[N+](=O)[O-])cc1. The molecule has 0 aliphatic carbocycles. The number of hydrogen-bond acceptors (Lipinski definition) is 3. The highest BCUT2D eigenvalue weighted by atomic mass is 19.1. The van der Waals surface area contributed by atoms with Crippen molar-refractivity contribution in [1.82, 2.24) is 0 Å². The number of ether oxygens (including phenoxy) is 1. The molecule has 0 unspecified atom stereocenters. The molecule has 0 N–H and O–H groups in total. The van der Waals surface area contributed by atoms with Crippen molar-refractivity contribution in [3.05, 3.63) is 64.0 Å². The molecule has 92 valence electrons. The van der Waals surface area contributed by atoms with E-state index < -0.39 is 16.4 Å². The Morgan fingerprint density at radius 3 is 2.44 bits per heavy atom. The number of nitrogens with zero attached hydrogens (tertiary/aromatic N) is 1. The number of nitro benzene ring substituents is 1. The summed E-state index contributed by atoms with van der Waals surface area (Å²) in [5.74, 6) is -0.595. The Morgan fingerprint density at radius 2 is 1.83 bits per heavy atom. The highest BCUT2D eigenvalue weighted by Gasteiger charge is 2.21. The largest absolute Gasteiger partial charge is 0.450 e. The summed E-state index contributed by atoms with van der Waals surface area (Å²) in [4.78, 5) is 9.98. The van der Waals surface area contributed by atoms with Gasteiger partial charge in [-0.2, -0.15) is 4.39 Å². The third kappa shape index (κ3) is 2.45. The van der Waals surface area contributed by atoms with Crippen LogP contribution in [0.25, 0.3) is 0 Å². The van der Waals surface area contributed by atoms with Gasteiger partial charge in [-0.05, 0) is 31.2 Å². The summed E-state index contributed by atoms with van der Waals surface area (Å²) in [6.07, 6.45) is 0. The summed E-state index contributed by atoms with van der Waals surface area (Å²) in [6.45, 7) is 1.91. The van der Waals surface area contributed by atoms with E-state index in [9.17, 15) is 14.5 Å². The van der Waals surface area contributed by atoms with Crippen molar-refractivity contribution < 1.29 is 14.1 Å². The molecule has 0 radical (unpaired) electrons. The Hall–Kier alpha value is -2.43. The van der Waals surface area contributed by atoms with Crippen LogP contribution in [0, 0.1) is 22.9 Å². The Balaban J connectivity index is 2.37. The molecule has 0 fully saturated rings. The second-order valence-corrected chi connectivity index (χ2v) is 3.76. The standard InChI is InChI=1S/C13H10FNO3/c1-9-5-7-10(8-6-9)18-12-4-2-3-11(14)13(12)15(16)17/h2-8H,1H3. The number of aryl methyl sites for hydroxylation is 1. The van der Waals surface area contributed by atoms with Gasteiger partial charge in [-0.3, -0.25) is 10.1 Å². The first kappa shape index (κ1) is 12.0. The maximum atomic E-state index is 13.3. The van der Waals surface area contributed by atoms with Gasteiger partial charge in [0.25, 0.3) is 0 Å². The lowest BCUT2D eigenvalue weighted by Gasteiger charge is -2.06. The van der Waals surface area contributed by atoms with Crippen LogP contribution in [0.15, 0.2) is 42.5 Å². The Labute approximate surface area is 103 Å². The molecule has 4 nitrogen and oxygen atoms in total. The van der Waals surface area contributed by atoms with E-state index in [1.165, 1.54) is 12.1 Å².